The number of carbonyl (C=O) groups excluding carboxylic acids is 3. The van der Waals surface area contributed by atoms with E-state index in [1.807, 2.05) is 12.2 Å². The second kappa shape index (κ2) is 18.5. The first-order valence-electron chi connectivity index (χ1n) is 12.3. The molecule has 0 saturated carbocycles. The number of unbranched alkanes of at least 4 members (excludes halogenated alkanes) is 2. The minimum absolute atomic E-state index is 0.124. The van der Waals surface area contributed by atoms with Gasteiger partial charge in [0.05, 0.1) is 6.10 Å². The predicted octanol–water partition coefficient (Wildman–Crippen LogP) is 5.25. The Labute approximate surface area is 205 Å². The molecular formula is C25H49NO8. The fourth-order valence-corrected chi connectivity index (χ4v) is 2.71. The van der Waals surface area contributed by atoms with Crippen LogP contribution >= 0.6 is 0 Å². The largest absolute Gasteiger partial charge is 0.463 e. The maximum atomic E-state index is 11.1. The molecule has 1 rings (SSSR count). The van der Waals surface area contributed by atoms with Crippen LogP contribution in [0.3, 0.4) is 0 Å². The van der Waals surface area contributed by atoms with Gasteiger partial charge in [0.25, 0.3) is 0 Å². The highest BCUT2D eigenvalue weighted by molar-refractivity contribution is 5.87. The van der Waals surface area contributed by atoms with Crippen LogP contribution in [-0.4, -0.2) is 58.4 Å². The van der Waals surface area contributed by atoms with Gasteiger partial charge >= 0.3 is 18.2 Å². The number of imide groups is 1. The zero-order valence-electron chi connectivity index (χ0n) is 22.6. The van der Waals surface area contributed by atoms with Crippen LogP contribution in [0.4, 0.5) is 9.59 Å². The van der Waals surface area contributed by atoms with Crippen molar-refractivity contribution in [3.8, 4) is 0 Å². The topological polar surface area (TPSA) is 131 Å². The third-order valence-corrected chi connectivity index (χ3v) is 4.12. The number of cyclic esters (lactones) is 1. The third-order valence-electron chi connectivity index (χ3n) is 4.12. The minimum atomic E-state index is -0.809. The Hall–Kier alpha value is -1.87. The van der Waals surface area contributed by atoms with Gasteiger partial charge in [0.15, 0.2) is 0 Å². The molecule has 9 nitrogen and oxygen atoms in total. The van der Waals surface area contributed by atoms with E-state index in [4.69, 9.17) is 19.3 Å². The molecule has 1 aliphatic rings. The maximum absolute atomic E-state index is 11.1. The lowest BCUT2D eigenvalue weighted by molar-refractivity contribution is -0.149. The van der Waals surface area contributed by atoms with Crippen molar-refractivity contribution >= 4 is 18.2 Å². The van der Waals surface area contributed by atoms with Crippen molar-refractivity contribution in [3.63, 3.8) is 0 Å². The van der Waals surface area contributed by atoms with E-state index in [0.717, 1.165) is 38.5 Å². The molecular weight excluding hydrogens is 442 g/mol. The number of alkyl carbamates (subject to hydrolysis) is 2. The Morgan fingerprint density at radius 2 is 1.53 bits per heavy atom. The number of esters is 1. The van der Waals surface area contributed by atoms with Gasteiger partial charge in [0.2, 0.25) is 0 Å². The van der Waals surface area contributed by atoms with Crippen molar-refractivity contribution in [3.05, 3.63) is 0 Å². The minimum Gasteiger partial charge on any atom is -0.463 e. The normalized spacial score (nSPS) is 19.2. The molecule has 2 amide bonds. The van der Waals surface area contributed by atoms with Crippen LogP contribution in [0.1, 0.15) is 113 Å². The summed E-state index contributed by atoms with van der Waals surface area (Å²) in [4.78, 5) is 33.4. The van der Waals surface area contributed by atoms with Gasteiger partial charge in [-0.25, -0.2) is 14.9 Å². The Balaban J connectivity index is 0. The van der Waals surface area contributed by atoms with Gasteiger partial charge in [-0.1, -0.05) is 32.6 Å². The van der Waals surface area contributed by atoms with E-state index in [1.165, 1.54) is 6.42 Å². The van der Waals surface area contributed by atoms with Gasteiger partial charge in [-0.15, -0.1) is 0 Å². The summed E-state index contributed by atoms with van der Waals surface area (Å²) >= 11 is 0. The SMILES string of the molecule is CC(C)(C)OC(=O)NC(=O)OC(C)(C)C.CC1CC(O)CCCCCC(=O)O1.CCCCCO. The summed E-state index contributed by atoms with van der Waals surface area (Å²) < 4.78 is 14.8. The summed E-state index contributed by atoms with van der Waals surface area (Å²) in [5, 5.41) is 19.7. The lowest BCUT2D eigenvalue weighted by Crippen LogP contribution is -2.39. The zero-order chi connectivity index (χ0) is 26.8. The lowest BCUT2D eigenvalue weighted by Gasteiger charge is -2.21. The van der Waals surface area contributed by atoms with Crippen LogP contribution in [-0.2, 0) is 19.0 Å². The Kier molecular flexibility index (Phi) is 18.6. The molecule has 9 heteroatoms. The average Bonchev–Trinajstić information content (AvgIpc) is 2.63. The Morgan fingerprint density at radius 1 is 1.00 bits per heavy atom. The molecule has 0 spiro atoms. The fraction of sp³-hybridized carbons (Fsp3) is 0.880. The highest BCUT2D eigenvalue weighted by Crippen LogP contribution is 2.15. The molecule has 1 saturated heterocycles. The molecule has 1 fully saturated rings. The second-order valence-corrected chi connectivity index (χ2v) is 10.3. The number of nitrogens with one attached hydrogen (secondary N) is 1. The number of rotatable bonds is 3. The van der Waals surface area contributed by atoms with E-state index in [-0.39, 0.29) is 18.2 Å². The van der Waals surface area contributed by atoms with Gasteiger partial charge in [-0.05, 0) is 67.7 Å². The number of aliphatic hydroxyl groups excluding tert-OH is 2. The Morgan fingerprint density at radius 3 is 1.94 bits per heavy atom. The van der Waals surface area contributed by atoms with E-state index >= 15 is 0 Å². The highest BCUT2D eigenvalue weighted by atomic mass is 16.6. The first-order chi connectivity index (χ1) is 15.6. The molecule has 1 aliphatic heterocycles. The van der Waals surface area contributed by atoms with Crippen molar-refractivity contribution in [2.75, 3.05) is 6.61 Å². The number of amides is 2. The third kappa shape index (κ3) is 26.4. The predicted molar refractivity (Wildman–Crippen MR) is 131 cm³/mol. The summed E-state index contributed by atoms with van der Waals surface area (Å²) in [7, 11) is 0. The fourth-order valence-electron chi connectivity index (χ4n) is 2.71. The quantitative estimate of drug-likeness (QED) is 0.277. The monoisotopic (exact) mass is 491 g/mol. The van der Waals surface area contributed by atoms with Crippen molar-refractivity contribution in [1.29, 1.82) is 0 Å². The average molecular weight is 492 g/mol. The van der Waals surface area contributed by atoms with Gasteiger partial charge < -0.3 is 24.4 Å². The van der Waals surface area contributed by atoms with Crippen LogP contribution in [0.25, 0.3) is 0 Å². The number of carbonyl (C=O) groups is 3. The van der Waals surface area contributed by atoms with Gasteiger partial charge in [0, 0.05) is 19.4 Å². The number of hydrogen-bond donors (Lipinski definition) is 3. The van der Waals surface area contributed by atoms with Crippen molar-refractivity contribution in [2.45, 2.75) is 137 Å². The summed E-state index contributed by atoms with van der Waals surface area (Å²) in [6.45, 7) is 14.6. The molecule has 3 N–H and O–H groups in total. The van der Waals surface area contributed by atoms with Crippen LogP contribution < -0.4 is 5.32 Å². The van der Waals surface area contributed by atoms with E-state index < -0.39 is 23.4 Å². The van der Waals surface area contributed by atoms with Gasteiger partial charge in [0.1, 0.15) is 17.3 Å². The van der Waals surface area contributed by atoms with Crippen LogP contribution in [0.2, 0.25) is 0 Å². The standard InChI is InChI=1S/C10H19NO4.C10H18O3.C5H12O/c1-9(2,3)14-7(12)11-8(13)15-10(4,5)6;1-8-7-9(11)5-3-2-4-6-10(12)13-8;1-2-3-4-5-6/h1-6H3,(H,11,12,13);8-9,11H,2-7H2,1H3;6H,2-5H2,1H3. The molecule has 0 aliphatic carbocycles. The number of aliphatic hydroxyl groups is 2. The molecule has 0 aromatic rings. The van der Waals surface area contributed by atoms with Crippen molar-refractivity contribution in [1.82, 2.24) is 5.32 Å². The smallest absolute Gasteiger partial charge is 0.417 e. The van der Waals surface area contributed by atoms with E-state index in [1.54, 1.807) is 41.5 Å². The summed E-state index contributed by atoms with van der Waals surface area (Å²) in [5.41, 5.74) is -1.27. The summed E-state index contributed by atoms with van der Waals surface area (Å²) in [6, 6.07) is 0. The van der Waals surface area contributed by atoms with Gasteiger partial charge in [-0.3, -0.25) is 4.79 Å². The van der Waals surface area contributed by atoms with Crippen LogP contribution in [0, 0.1) is 0 Å². The Bertz CT molecular complexity index is 536. The van der Waals surface area contributed by atoms with Crippen molar-refractivity contribution in [2.24, 2.45) is 0 Å². The second-order valence-electron chi connectivity index (χ2n) is 10.3. The van der Waals surface area contributed by atoms with Gasteiger partial charge in [-0.2, -0.15) is 0 Å². The lowest BCUT2D eigenvalue weighted by atomic mass is 10.0. The molecule has 2 atom stereocenters. The molecule has 0 radical (unpaired) electrons. The maximum Gasteiger partial charge on any atom is 0.417 e. The first-order valence-corrected chi connectivity index (χ1v) is 12.3. The molecule has 0 aromatic heterocycles. The molecule has 1 heterocycles. The summed E-state index contributed by atoms with van der Waals surface area (Å²) in [6.07, 6.45) is 6.12. The zero-order valence-corrected chi connectivity index (χ0v) is 22.6. The molecule has 0 aromatic carbocycles. The van der Waals surface area contributed by atoms with Crippen LogP contribution in [0.5, 0.6) is 0 Å². The molecule has 34 heavy (non-hydrogen) atoms. The number of ether oxygens (including phenoxy) is 3. The first kappa shape index (κ1) is 34.3. The van der Waals surface area contributed by atoms with E-state index in [0.29, 0.717) is 19.4 Å². The number of hydrogen-bond acceptors (Lipinski definition) is 8. The van der Waals surface area contributed by atoms with E-state index in [9.17, 15) is 19.5 Å². The van der Waals surface area contributed by atoms with Crippen molar-refractivity contribution < 1.29 is 38.8 Å². The summed E-state index contributed by atoms with van der Waals surface area (Å²) in [5.74, 6) is -0.124. The molecule has 2 unspecified atom stereocenters. The van der Waals surface area contributed by atoms with Crippen LogP contribution in [0.15, 0.2) is 0 Å². The van der Waals surface area contributed by atoms with E-state index in [2.05, 4.69) is 6.92 Å². The molecule has 0 bridgehead atoms. The highest BCUT2D eigenvalue weighted by Gasteiger charge is 2.22. The molecule has 202 valence electrons.